The van der Waals surface area contributed by atoms with E-state index >= 15 is 0 Å². The summed E-state index contributed by atoms with van der Waals surface area (Å²) < 4.78 is 12.9. The highest BCUT2D eigenvalue weighted by molar-refractivity contribution is 7.99. The fourth-order valence-electron chi connectivity index (χ4n) is 3.40. The molecule has 158 valence electrons. The van der Waals surface area contributed by atoms with Crippen LogP contribution in [0.3, 0.4) is 0 Å². The zero-order chi connectivity index (χ0) is 20.8. The fourth-order valence-corrected chi connectivity index (χ4v) is 4.49. The van der Waals surface area contributed by atoms with Crippen molar-refractivity contribution in [1.82, 2.24) is 19.7 Å². The Morgan fingerprint density at radius 2 is 2.00 bits per heavy atom. The van der Waals surface area contributed by atoms with Crippen LogP contribution in [0.1, 0.15) is 20.3 Å². The molecule has 0 spiro atoms. The van der Waals surface area contributed by atoms with Gasteiger partial charge in [-0.05, 0) is 32.4 Å². The molecule has 1 fully saturated rings. The molecule has 2 aromatic rings. The number of aromatic nitrogens is 3. The van der Waals surface area contributed by atoms with Gasteiger partial charge < -0.3 is 18.9 Å². The van der Waals surface area contributed by atoms with Gasteiger partial charge in [-0.15, -0.1) is 10.2 Å². The molecule has 2 unspecified atom stereocenters. The maximum Gasteiger partial charge on any atom is 0.233 e. The lowest BCUT2D eigenvalue weighted by Gasteiger charge is -2.35. The quantitative estimate of drug-likeness (QED) is 0.465. The topological polar surface area (TPSA) is 69.5 Å². The molecule has 29 heavy (non-hydrogen) atoms. The molecule has 1 amide bonds. The van der Waals surface area contributed by atoms with Gasteiger partial charge in [-0.1, -0.05) is 35.5 Å². The summed E-state index contributed by atoms with van der Waals surface area (Å²) in [5.74, 6) is 1.10. The minimum absolute atomic E-state index is 0.0530. The van der Waals surface area contributed by atoms with Crippen molar-refractivity contribution < 1.29 is 14.3 Å². The summed E-state index contributed by atoms with van der Waals surface area (Å²) in [6, 6.07) is 7.57. The molecule has 3 rings (SSSR count). The van der Waals surface area contributed by atoms with E-state index in [-0.39, 0.29) is 18.1 Å². The average molecular weight is 439 g/mol. The maximum absolute atomic E-state index is 12.7. The van der Waals surface area contributed by atoms with Crippen LogP contribution >= 0.6 is 23.4 Å². The van der Waals surface area contributed by atoms with Crippen molar-refractivity contribution in [3.05, 3.63) is 29.3 Å². The lowest BCUT2D eigenvalue weighted by molar-refractivity contribution is -0.140. The zero-order valence-electron chi connectivity index (χ0n) is 17.0. The van der Waals surface area contributed by atoms with E-state index in [1.165, 1.54) is 11.8 Å². The Kier molecular flexibility index (Phi) is 7.94. The Hall–Kier alpha value is -1.61. The number of carbonyl (C=O) groups excluding carboxylic acids is 1. The summed E-state index contributed by atoms with van der Waals surface area (Å²) in [6.07, 6.45) is 0.917. The Bertz CT molecular complexity index is 822. The molecule has 1 aliphatic heterocycles. The number of nitrogens with zero attached hydrogens (tertiary/aromatic N) is 4. The number of carbonyl (C=O) groups is 1. The van der Waals surface area contributed by atoms with Crippen LogP contribution in [-0.2, 0) is 20.8 Å². The molecule has 0 N–H and O–H groups in total. The number of benzene rings is 1. The number of ether oxygens (including phenoxy) is 2. The van der Waals surface area contributed by atoms with Crippen molar-refractivity contribution >= 4 is 29.3 Å². The number of halogens is 1. The Labute approximate surface area is 180 Å². The van der Waals surface area contributed by atoms with Gasteiger partial charge in [0.2, 0.25) is 5.91 Å². The summed E-state index contributed by atoms with van der Waals surface area (Å²) >= 11 is 7.78. The molecular formula is C20H27ClN4O3S. The van der Waals surface area contributed by atoms with Crippen molar-refractivity contribution in [1.29, 1.82) is 0 Å². The van der Waals surface area contributed by atoms with Gasteiger partial charge >= 0.3 is 0 Å². The third-order valence-corrected chi connectivity index (χ3v) is 5.94. The maximum atomic E-state index is 12.7. The number of methoxy groups -OCH3 is 1. The third kappa shape index (κ3) is 5.72. The fraction of sp³-hybridized carbons (Fsp3) is 0.550. The third-order valence-electron chi connectivity index (χ3n) is 4.66. The molecule has 0 radical (unpaired) electrons. The van der Waals surface area contributed by atoms with Crippen LogP contribution in [0.25, 0.3) is 11.4 Å². The molecule has 0 bridgehead atoms. The summed E-state index contributed by atoms with van der Waals surface area (Å²) in [7, 11) is 1.68. The molecule has 0 saturated carbocycles. The van der Waals surface area contributed by atoms with Crippen molar-refractivity contribution in [2.45, 2.75) is 44.2 Å². The molecule has 7 nitrogen and oxygen atoms in total. The molecule has 2 heterocycles. The van der Waals surface area contributed by atoms with Gasteiger partial charge in [0.05, 0.1) is 23.0 Å². The van der Waals surface area contributed by atoms with Gasteiger partial charge in [0, 0.05) is 38.9 Å². The minimum Gasteiger partial charge on any atom is -0.385 e. The standard InChI is InChI=1S/C20H27ClN4O3S/c1-14-11-24(12-15(2)28-14)18(26)13-29-20-23-22-19(25(20)9-6-10-27-3)16-7-4-5-8-17(16)21/h4-5,7-8,14-15H,6,9-13H2,1-3H3. The minimum atomic E-state index is 0.0530. The van der Waals surface area contributed by atoms with Gasteiger partial charge in [0.15, 0.2) is 11.0 Å². The highest BCUT2D eigenvalue weighted by Gasteiger charge is 2.26. The molecule has 9 heteroatoms. The van der Waals surface area contributed by atoms with Crippen LogP contribution in [0.15, 0.2) is 29.4 Å². The normalized spacial score (nSPS) is 19.5. The summed E-state index contributed by atoms with van der Waals surface area (Å²) in [4.78, 5) is 14.6. The number of rotatable bonds is 8. The Balaban J connectivity index is 1.74. The average Bonchev–Trinajstić information content (AvgIpc) is 3.08. The predicted octanol–water partition coefficient (Wildman–Crippen LogP) is 3.36. The Morgan fingerprint density at radius 3 is 2.69 bits per heavy atom. The first kappa shape index (κ1) is 22.1. The van der Waals surface area contributed by atoms with E-state index in [9.17, 15) is 4.79 Å². The van der Waals surface area contributed by atoms with Crippen LogP contribution in [-0.4, -0.2) is 70.3 Å². The molecule has 1 saturated heterocycles. The highest BCUT2D eigenvalue weighted by Crippen LogP contribution is 2.29. The smallest absolute Gasteiger partial charge is 0.233 e. The lowest BCUT2D eigenvalue weighted by Crippen LogP contribution is -2.48. The number of hydrogen-bond donors (Lipinski definition) is 0. The van der Waals surface area contributed by atoms with E-state index in [4.69, 9.17) is 21.1 Å². The second-order valence-electron chi connectivity index (χ2n) is 7.13. The number of thioether (sulfide) groups is 1. The first-order valence-corrected chi connectivity index (χ1v) is 11.1. The highest BCUT2D eigenvalue weighted by atomic mass is 35.5. The van der Waals surface area contributed by atoms with Crippen molar-refractivity contribution in [3.63, 3.8) is 0 Å². The van der Waals surface area contributed by atoms with Gasteiger partial charge in [0.25, 0.3) is 0 Å². The molecular weight excluding hydrogens is 412 g/mol. The van der Waals surface area contributed by atoms with E-state index in [0.717, 1.165) is 12.0 Å². The van der Waals surface area contributed by atoms with Crippen LogP contribution in [0.5, 0.6) is 0 Å². The second kappa shape index (κ2) is 10.4. The zero-order valence-corrected chi connectivity index (χ0v) is 18.6. The van der Waals surface area contributed by atoms with E-state index < -0.39 is 0 Å². The van der Waals surface area contributed by atoms with E-state index in [1.807, 2.05) is 47.6 Å². The van der Waals surface area contributed by atoms with E-state index in [2.05, 4.69) is 10.2 Å². The summed E-state index contributed by atoms with van der Waals surface area (Å²) in [5.41, 5.74) is 0.827. The van der Waals surface area contributed by atoms with Crippen LogP contribution < -0.4 is 0 Å². The van der Waals surface area contributed by atoms with Gasteiger partial charge in [0.1, 0.15) is 0 Å². The van der Waals surface area contributed by atoms with Crippen LogP contribution in [0.2, 0.25) is 5.02 Å². The summed E-state index contributed by atoms with van der Waals surface area (Å²) in [5, 5.41) is 10.0. The molecule has 1 aliphatic rings. The SMILES string of the molecule is COCCCn1c(SCC(=O)N2CC(C)OC(C)C2)nnc1-c1ccccc1Cl. The van der Waals surface area contributed by atoms with Gasteiger partial charge in [-0.3, -0.25) is 4.79 Å². The van der Waals surface area contributed by atoms with Gasteiger partial charge in [-0.2, -0.15) is 0 Å². The largest absolute Gasteiger partial charge is 0.385 e. The Morgan fingerprint density at radius 1 is 1.28 bits per heavy atom. The van der Waals surface area contributed by atoms with Crippen molar-refractivity contribution in [3.8, 4) is 11.4 Å². The van der Waals surface area contributed by atoms with E-state index in [0.29, 0.717) is 48.0 Å². The number of hydrogen-bond acceptors (Lipinski definition) is 6. The number of morpholine rings is 1. The van der Waals surface area contributed by atoms with Crippen LogP contribution in [0.4, 0.5) is 0 Å². The molecule has 0 aliphatic carbocycles. The monoisotopic (exact) mass is 438 g/mol. The van der Waals surface area contributed by atoms with Crippen molar-refractivity contribution in [2.75, 3.05) is 32.6 Å². The van der Waals surface area contributed by atoms with E-state index in [1.54, 1.807) is 7.11 Å². The second-order valence-corrected chi connectivity index (χ2v) is 8.48. The van der Waals surface area contributed by atoms with Crippen molar-refractivity contribution in [2.24, 2.45) is 0 Å². The molecule has 2 atom stereocenters. The predicted molar refractivity (Wildman–Crippen MR) is 114 cm³/mol. The molecule has 1 aromatic heterocycles. The first-order chi connectivity index (χ1) is 14.0. The van der Waals surface area contributed by atoms with Gasteiger partial charge in [-0.25, -0.2) is 0 Å². The molecule has 1 aromatic carbocycles. The van der Waals surface area contributed by atoms with Crippen LogP contribution in [0, 0.1) is 0 Å². The summed E-state index contributed by atoms with van der Waals surface area (Å²) in [6.45, 7) is 6.54. The first-order valence-electron chi connectivity index (χ1n) is 9.72. The number of amides is 1. The lowest BCUT2D eigenvalue weighted by atomic mass is 10.2.